The van der Waals surface area contributed by atoms with Crippen LogP contribution in [0.25, 0.3) is 0 Å². The number of rotatable bonds is 17. The summed E-state index contributed by atoms with van der Waals surface area (Å²) in [5.41, 5.74) is -1.61. The highest BCUT2D eigenvalue weighted by atomic mass is 28.4. The summed E-state index contributed by atoms with van der Waals surface area (Å²) in [6.45, 7) is 12.2. The smallest absolute Gasteiger partial charge is 0.338 e. The topological polar surface area (TPSA) is 130 Å². The number of amides is 1. The third-order valence-electron chi connectivity index (χ3n) is 9.85. The molecule has 0 spiro atoms. The molecule has 0 aromatic heterocycles. The predicted octanol–water partition coefficient (Wildman–Crippen LogP) is 5.57. The predicted molar refractivity (Wildman–Crippen MR) is 217 cm³/mol. The van der Waals surface area contributed by atoms with Gasteiger partial charge in [0, 0.05) is 20.2 Å². The monoisotopic (exact) mass is 783 g/mol. The van der Waals surface area contributed by atoms with Crippen LogP contribution < -0.4 is 15.7 Å². The maximum atomic E-state index is 14.7. The first-order chi connectivity index (χ1) is 26.2. The van der Waals surface area contributed by atoms with Gasteiger partial charge in [-0.25, -0.2) is 9.59 Å². The van der Waals surface area contributed by atoms with Crippen LogP contribution in [0.2, 0.25) is 30.7 Å². The van der Waals surface area contributed by atoms with Gasteiger partial charge < -0.3 is 33.8 Å². The van der Waals surface area contributed by atoms with Crippen molar-refractivity contribution in [2.24, 2.45) is 0 Å². The van der Waals surface area contributed by atoms with Crippen LogP contribution in [0.15, 0.2) is 121 Å². The lowest BCUT2D eigenvalue weighted by atomic mass is 9.89. The molecule has 1 aliphatic rings. The lowest BCUT2D eigenvalue weighted by molar-refractivity contribution is -0.167. The van der Waals surface area contributed by atoms with Crippen LogP contribution >= 0.6 is 0 Å². The molecule has 0 aliphatic carbocycles. The number of nitrogens with one attached hydrogen (secondary N) is 1. The summed E-state index contributed by atoms with van der Waals surface area (Å²) >= 11 is 0. The highest BCUT2D eigenvalue weighted by Gasteiger charge is 2.65. The van der Waals surface area contributed by atoms with E-state index in [1.807, 2.05) is 60.7 Å². The molecule has 0 saturated carbocycles. The van der Waals surface area contributed by atoms with Crippen molar-refractivity contribution in [2.75, 3.05) is 26.6 Å². The summed E-state index contributed by atoms with van der Waals surface area (Å²) in [5.74, 6) is -2.27. The number of carbonyl (C=O) groups excluding carboxylic acids is 3. The molecule has 10 nitrogen and oxygen atoms in total. The molecule has 0 radical (unpaired) electrons. The van der Waals surface area contributed by atoms with E-state index >= 15 is 0 Å². The standard InChI is InChI=1S/C43H53NO9Si2/c1-42(2,3)55(34-23-15-9-16-24-34,35-25-17-10-18-26-35)51-30-43(44-39(46)32-19-11-7-12-20-32)38(53-40(47)33-21-13-8-14-22-33)37(52-41(43)48)36(29-45)50-31-49-27-28-54(4,5)6/h7-26,36-38,45H,27-31H2,1-6H3,(H,44,46)/t36-,37+,38-,43-/m0/s1. The highest BCUT2D eigenvalue weighted by molar-refractivity contribution is 6.99. The molecule has 1 heterocycles. The number of esters is 2. The molecule has 4 aromatic carbocycles. The molecule has 1 aliphatic heterocycles. The molecular formula is C43H53NO9Si2. The lowest BCUT2D eigenvalue weighted by Gasteiger charge is -2.45. The molecule has 1 amide bonds. The van der Waals surface area contributed by atoms with Crippen molar-refractivity contribution in [3.8, 4) is 0 Å². The van der Waals surface area contributed by atoms with Gasteiger partial charge in [0.05, 0.1) is 18.8 Å². The van der Waals surface area contributed by atoms with Gasteiger partial charge in [-0.1, -0.05) is 137 Å². The zero-order valence-electron chi connectivity index (χ0n) is 32.5. The van der Waals surface area contributed by atoms with Crippen LogP contribution in [0.3, 0.4) is 0 Å². The van der Waals surface area contributed by atoms with Crippen molar-refractivity contribution >= 4 is 44.6 Å². The van der Waals surface area contributed by atoms with Gasteiger partial charge >= 0.3 is 11.9 Å². The maximum Gasteiger partial charge on any atom is 0.338 e. The Hall–Kier alpha value is -4.44. The Morgan fingerprint density at radius 3 is 1.82 bits per heavy atom. The third kappa shape index (κ3) is 9.69. The third-order valence-corrected chi connectivity index (χ3v) is 16.5. The average Bonchev–Trinajstić information content (AvgIpc) is 3.43. The van der Waals surface area contributed by atoms with Crippen LogP contribution in [-0.2, 0) is 28.2 Å². The average molecular weight is 784 g/mol. The van der Waals surface area contributed by atoms with E-state index in [-0.39, 0.29) is 17.9 Å². The number of carbonyl (C=O) groups is 3. The number of hydrogen-bond donors (Lipinski definition) is 2. The van der Waals surface area contributed by atoms with Gasteiger partial charge in [0.2, 0.25) is 5.54 Å². The Kier molecular flexibility index (Phi) is 13.7. The molecule has 0 bridgehead atoms. The second-order valence-electron chi connectivity index (χ2n) is 16.0. The summed E-state index contributed by atoms with van der Waals surface area (Å²) in [7, 11) is -4.75. The number of cyclic esters (lactones) is 1. The minimum absolute atomic E-state index is 0.203. The molecule has 55 heavy (non-hydrogen) atoms. The summed E-state index contributed by atoms with van der Waals surface area (Å²) in [5, 5.41) is 15.0. The zero-order chi connectivity index (χ0) is 39.7. The molecule has 1 fully saturated rings. The second kappa shape index (κ2) is 18.0. The molecule has 2 N–H and O–H groups in total. The minimum atomic E-state index is -3.36. The van der Waals surface area contributed by atoms with Gasteiger partial charge in [0.1, 0.15) is 12.9 Å². The molecule has 4 aromatic rings. The Balaban J connectivity index is 1.63. The quantitative estimate of drug-likeness (QED) is 0.0611. The fourth-order valence-electron chi connectivity index (χ4n) is 6.85. The Labute approximate surface area is 326 Å². The molecule has 292 valence electrons. The number of aliphatic hydroxyl groups excluding tert-OH is 1. The van der Waals surface area contributed by atoms with E-state index in [0.29, 0.717) is 6.61 Å². The largest absolute Gasteiger partial charge is 0.453 e. The van der Waals surface area contributed by atoms with Crippen LogP contribution in [0, 0.1) is 0 Å². The summed E-state index contributed by atoms with van der Waals surface area (Å²) < 4.78 is 31.4. The van der Waals surface area contributed by atoms with E-state index in [9.17, 15) is 19.5 Å². The van der Waals surface area contributed by atoms with E-state index < -0.39 is 76.3 Å². The molecule has 0 unspecified atom stereocenters. The molecule has 12 heteroatoms. The summed E-state index contributed by atoms with van der Waals surface area (Å²) in [6, 6.07) is 37.3. The minimum Gasteiger partial charge on any atom is -0.453 e. The Bertz CT molecular complexity index is 1810. The van der Waals surface area contributed by atoms with Gasteiger partial charge in [0.25, 0.3) is 14.2 Å². The van der Waals surface area contributed by atoms with Gasteiger partial charge in [-0.15, -0.1) is 0 Å². The molecule has 5 rings (SSSR count). The van der Waals surface area contributed by atoms with E-state index in [1.165, 1.54) is 0 Å². The van der Waals surface area contributed by atoms with Crippen molar-refractivity contribution in [3.63, 3.8) is 0 Å². The normalized spacial score (nSPS) is 19.4. The van der Waals surface area contributed by atoms with E-state index in [2.05, 4.69) is 45.7 Å². The number of ether oxygens (including phenoxy) is 4. The SMILES string of the molecule is CC(C)(C)[Si](OC[C@@]1(NC(=O)c2ccccc2)C(=O)O[C@H]([C@H](CO)OCOCC[Si](C)(C)C)[C@@H]1OC(=O)c1ccccc1)(c1ccccc1)c1ccccc1. The Morgan fingerprint density at radius 2 is 1.33 bits per heavy atom. The summed E-state index contributed by atoms with van der Waals surface area (Å²) in [6.07, 6.45) is -4.06. The van der Waals surface area contributed by atoms with Crippen molar-refractivity contribution < 1.29 is 42.9 Å². The first-order valence-electron chi connectivity index (χ1n) is 18.6. The van der Waals surface area contributed by atoms with Crippen molar-refractivity contribution in [2.45, 2.75) is 75.3 Å². The van der Waals surface area contributed by atoms with Crippen molar-refractivity contribution in [1.29, 1.82) is 0 Å². The summed E-state index contributed by atoms with van der Waals surface area (Å²) in [4.78, 5) is 42.8. The van der Waals surface area contributed by atoms with Gasteiger partial charge in [-0.2, -0.15) is 0 Å². The fourth-order valence-corrected chi connectivity index (χ4v) is 12.2. The van der Waals surface area contributed by atoms with E-state index in [1.54, 1.807) is 60.7 Å². The second-order valence-corrected chi connectivity index (χ2v) is 26.0. The van der Waals surface area contributed by atoms with Gasteiger partial charge in [0.15, 0.2) is 12.2 Å². The number of benzene rings is 4. The fraction of sp³-hybridized carbons (Fsp3) is 0.372. The highest BCUT2D eigenvalue weighted by Crippen LogP contribution is 2.40. The van der Waals surface area contributed by atoms with Gasteiger partial charge in [-0.3, -0.25) is 4.79 Å². The van der Waals surface area contributed by atoms with Crippen LogP contribution in [0.5, 0.6) is 0 Å². The molecule has 1 saturated heterocycles. The first kappa shape index (κ1) is 41.7. The Morgan fingerprint density at radius 1 is 0.818 bits per heavy atom. The van der Waals surface area contributed by atoms with Crippen molar-refractivity contribution in [1.82, 2.24) is 5.32 Å². The first-order valence-corrected chi connectivity index (χ1v) is 24.2. The van der Waals surface area contributed by atoms with Crippen LogP contribution in [-0.4, -0.2) is 89.8 Å². The van der Waals surface area contributed by atoms with E-state index in [0.717, 1.165) is 16.4 Å². The molecule has 4 atom stereocenters. The number of aliphatic hydroxyl groups is 1. The van der Waals surface area contributed by atoms with Crippen LogP contribution in [0.1, 0.15) is 41.5 Å². The van der Waals surface area contributed by atoms with Gasteiger partial charge in [-0.05, 0) is 45.7 Å². The number of hydrogen-bond acceptors (Lipinski definition) is 9. The van der Waals surface area contributed by atoms with E-state index in [4.69, 9.17) is 23.4 Å². The van der Waals surface area contributed by atoms with Crippen LogP contribution in [0.4, 0.5) is 0 Å². The zero-order valence-corrected chi connectivity index (χ0v) is 34.5. The maximum absolute atomic E-state index is 14.7. The molecular weight excluding hydrogens is 731 g/mol. The van der Waals surface area contributed by atoms with Crippen molar-refractivity contribution in [3.05, 3.63) is 132 Å². The lowest BCUT2D eigenvalue weighted by Crippen LogP contribution is -2.71.